The second kappa shape index (κ2) is 5.58. The molecule has 1 aliphatic heterocycles. The Labute approximate surface area is 101 Å². The van der Waals surface area contributed by atoms with E-state index in [4.69, 9.17) is 4.74 Å². The van der Waals surface area contributed by atoms with Gasteiger partial charge in [0.2, 0.25) is 0 Å². The second-order valence-corrected chi connectivity index (χ2v) is 4.70. The Balaban J connectivity index is 2.03. The summed E-state index contributed by atoms with van der Waals surface area (Å²) in [5, 5.41) is 0. The molecule has 0 saturated carbocycles. The van der Waals surface area contributed by atoms with Gasteiger partial charge in [-0.05, 0) is 31.2 Å². The van der Waals surface area contributed by atoms with Gasteiger partial charge in [0.15, 0.2) is 11.6 Å². The smallest absolute Gasteiger partial charge is 0.164 e. The van der Waals surface area contributed by atoms with Crippen LogP contribution in [0.2, 0.25) is 0 Å². The van der Waals surface area contributed by atoms with Crippen LogP contribution >= 0.6 is 0 Å². The van der Waals surface area contributed by atoms with E-state index in [9.17, 15) is 8.78 Å². The van der Waals surface area contributed by atoms with Gasteiger partial charge >= 0.3 is 0 Å². The van der Waals surface area contributed by atoms with Crippen LogP contribution in [0.3, 0.4) is 0 Å². The number of hydrogen-bond acceptors (Lipinski definition) is 1. The van der Waals surface area contributed by atoms with Crippen molar-refractivity contribution in [2.24, 2.45) is 5.92 Å². The van der Waals surface area contributed by atoms with Crippen LogP contribution < -0.4 is 0 Å². The van der Waals surface area contributed by atoms with E-state index in [-0.39, 0.29) is 6.10 Å². The van der Waals surface area contributed by atoms with Crippen molar-refractivity contribution in [3.8, 4) is 0 Å². The topological polar surface area (TPSA) is 9.23 Å². The van der Waals surface area contributed by atoms with E-state index in [0.29, 0.717) is 18.1 Å². The van der Waals surface area contributed by atoms with Crippen LogP contribution in [0.1, 0.15) is 44.3 Å². The Morgan fingerprint density at radius 3 is 2.76 bits per heavy atom. The third-order valence-corrected chi connectivity index (χ3v) is 3.40. The lowest BCUT2D eigenvalue weighted by Gasteiger charge is -2.29. The highest BCUT2D eigenvalue weighted by atomic mass is 19.2. The highest BCUT2D eigenvalue weighted by molar-refractivity contribution is 5.21. The van der Waals surface area contributed by atoms with Crippen molar-refractivity contribution in [2.45, 2.75) is 38.7 Å². The summed E-state index contributed by atoms with van der Waals surface area (Å²) in [5.41, 5.74) is 0.361. The largest absolute Gasteiger partial charge is 0.373 e. The van der Waals surface area contributed by atoms with E-state index < -0.39 is 11.6 Å². The lowest BCUT2D eigenvalue weighted by molar-refractivity contribution is -0.0214. The molecule has 0 radical (unpaired) electrons. The third-order valence-electron chi connectivity index (χ3n) is 3.40. The zero-order chi connectivity index (χ0) is 12.3. The molecule has 17 heavy (non-hydrogen) atoms. The predicted octanol–water partition coefficient (Wildman–Crippen LogP) is 4.23. The van der Waals surface area contributed by atoms with Crippen LogP contribution in [0.15, 0.2) is 18.2 Å². The molecule has 2 unspecified atom stereocenters. The molecule has 1 aliphatic rings. The number of ether oxygens (including phenoxy) is 1. The average molecular weight is 240 g/mol. The molecule has 1 fully saturated rings. The van der Waals surface area contributed by atoms with Gasteiger partial charge in [-0.25, -0.2) is 8.78 Å². The van der Waals surface area contributed by atoms with Crippen LogP contribution in [0.25, 0.3) is 0 Å². The van der Waals surface area contributed by atoms with Crippen molar-refractivity contribution >= 4 is 0 Å². The minimum atomic E-state index is -0.790. The van der Waals surface area contributed by atoms with Crippen molar-refractivity contribution in [1.82, 2.24) is 0 Å². The first kappa shape index (κ1) is 12.5. The lowest BCUT2D eigenvalue weighted by atomic mass is 9.91. The zero-order valence-electron chi connectivity index (χ0n) is 10.1. The fourth-order valence-electron chi connectivity index (χ4n) is 2.46. The zero-order valence-corrected chi connectivity index (χ0v) is 10.1. The van der Waals surface area contributed by atoms with E-state index in [1.807, 2.05) is 0 Å². The number of benzene rings is 1. The third kappa shape index (κ3) is 2.83. The van der Waals surface area contributed by atoms with Crippen molar-refractivity contribution in [3.05, 3.63) is 35.4 Å². The van der Waals surface area contributed by atoms with Crippen LogP contribution in [-0.4, -0.2) is 6.61 Å². The van der Waals surface area contributed by atoms with Crippen molar-refractivity contribution in [2.75, 3.05) is 6.61 Å². The van der Waals surface area contributed by atoms with Crippen LogP contribution in [0, 0.1) is 17.6 Å². The maximum absolute atomic E-state index is 13.6. The fraction of sp³-hybridized carbons (Fsp3) is 0.571. The van der Waals surface area contributed by atoms with Crippen molar-refractivity contribution < 1.29 is 13.5 Å². The van der Waals surface area contributed by atoms with E-state index in [1.54, 1.807) is 6.07 Å². The highest BCUT2D eigenvalue weighted by Gasteiger charge is 2.25. The molecule has 0 amide bonds. The molecular formula is C14H18F2O. The minimum Gasteiger partial charge on any atom is -0.373 e. The van der Waals surface area contributed by atoms with E-state index >= 15 is 0 Å². The first-order chi connectivity index (χ1) is 8.22. The molecule has 0 bridgehead atoms. The van der Waals surface area contributed by atoms with Crippen molar-refractivity contribution in [1.29, 1.82) is 0 Å². The van der Waals surface area contributed by atoms with Gasteiger partial charge in [-0.2, -0.15) is 0 Å². The second-order valence-electron chi connectivity index (χ2n) is 4.70. The summed E-state index contributed by atoms with van der Waals surface area (Å²) in [6.07, 6.45) is 3.84. The van der Waals surface area contributed by atoms with Crippen LogP contribution in [0.4, 0.5) is 8.78 Å². The maximum atomic E-state index is 13.6. The normalized spacial score (nSPS) is 24.9. The van der Waals surface area contributed by atoms with Crippen molar-refractivity contribution in [3.63, 3.8) is 0 Å². The molecular weight excluding hydrogens is 222 g/mol. The van der Waals surface area contributed by atoms with Gasteiger partial charge < -0.3 is 4.74 Å². The van der Waals surface area contributed by atoms with E-state index in [0.717, 1.165) is 31.7 Å². The Bertz CT molecular complexity index is 370. The Kier molecular flexibility index (Phi) is 4.11. The number of rotatable bonds is 3. The summed E-state index contributed by atoms with van der Waals surface area (Å²) in [6.45, 7) is 2.81. The molecule has 1 heterocycles. The SMILES string of the molecule is CCCC1CCC(c2cccc(F)c2F)OC1. The summed E-state index contributed by atoms with van der Waals surface area (Å²) < 4.78 is 32.3. The van der Waals surface area contributed by atoms with Gasteiger partial charge in [-0.3, -0.25) is 0 Å². The molecule has 1 saturated heterocycles. The first-order valence-electron chi connectivity index (χ1n) is 6.28. The van der Waals surface area contributed by atoms with Gasteiger partial charge in [0, 0.05) is 5.56 Å². The Morgan fingerprint density at radius 1 is 1.29 bits per heavy atom. The highest BCUT2D eigenvalue weighted by Crippen LogP contribution is 2.33. The molecule has 2 rings (SSSR count). The minimum absolute atomic E-state index is 0.279. The van der Waals surface area contributed by atoms with Crippen LogP contribution in [-0.2, 0) is 4.74 Å². The molecule has 94 valence electrons. The summed E-state index contributed by atoms with van der Waals surface area (Å²) in [6, 6.07) is 4.29. The average Bonchev–Trinajstić information content (AvgIpc) is 2.34. The summed E-state index contributed by atoms with van der Waals surface area (Å²) in [7, 11) is 0. The molecule has 1 aromatic carbocycles. The summed E-state index contributed by atoms with van der Waals surface area (Å²) in [4.78, 5) is 0. The van der Waals surface area contributed by atoms with Gasteiger partial charge in [-0.1, -0.05) is 25.5 Å². The Hall–Kier alpha value is -0.960. The molecule has 2 atom stereocenters. The Morgan fingerprint density at radius 2 is 2.12 bits per heavy atom. The monoisotopic (exact) mass is 240 g/mol. The standard InChI is InChI=1S/C14H18F2O/c1-2-4-10-7-8-13(17-9-10)11-5-3-6-12(15)14(11)16/h3,5-6,10,13H,2,4,7-9H2,1H3. The van der Waals surface area contributed by atoms with E-state index in [1.165, 1.54) is 6.07 Å². The maximum Gasteiger partial charge on any atom is 0.164 e. The predicted molar refractivity (Wildman–Crippen MR) is 62.7 cm³/mol. The molecule has 0 N–H and O–H groups in total. The first-order valence-corrected chi connectivity index (χ1v) is 6.28. The molecule has 3 heteroatoms. The molecule has 0 aromatic heterocycles. The summed E-state index contributed by atoms with van der Waals surface area (Å²) >= 11 is 0. The van der Waals surface area contributed by atoms with Gasteiger partial charge in [0.25, 0.3) is 0 Å². The fourth-order valence-corrected chi connectivity index (χ4v) is 2.46. The van der Waals surface area contributed by atoms with Gasteiger partial charge in [0.1, 0.15) is 0 Å². The van der Waals surface area contributed by atoms with Crippen LogP contribution in [0.5, 0.6) is 0 Å². The molecule has 1 nitrogen and oxygen atoms in total. The van der Waals surface area contributed by atoms with Gasteiger partial charge in [-0.15, -0.1) is 0 Å². The molecule has 0 aliphatic carbocycles. The molecule has 0 spiro atoms. The quantitative estimate of drug-likeness (QED) is 0.768. The van der Waals surface area contributed by atoms with E-state index in [2.05, 4.69) is 6.92 Å². The summed E-state index contributed by atoms with van der Waals surface area (Å²) in [5.74, 6) is -0.971. The number of hydrogen-bond donors (Lipinski definition) is 0. The lowest BCUT2D eigenvalue weighted by Crippen LogP contribution is -2.21. The number of halogens is 2. The van der Waals surface area contributed by atoms with Gasteiger partial charge in [0.05, 0.1) is 12.7 Å². The molecule has 1 aromatic rings.